The highest BCUT2D eigenvalue weighted by Gasteiger charge is 2.69. The molecule has 5 N–H and O–H groups in total. The van der Waals surface area contributed by atoms with Gasteiger partial charge < -0.3 is 29.4 Å². The zero-order valence-electron chi connectivity index (χ0n) is 22.8. The first-order chi connectivity index (χ1) is 17.9. The van der Waals surface area contributed by atoms with Gasteiger partial charge in [-0.2, -0.15) is 0 Å². The number of hydrogen-bond donors (Lipinski definition) is 5. The van der Waals surface area contributed by atoms with Crippen LogP contribution in [0.25, 0.3) is 0 Å². The highest BCUT2D eigenvalue weighted by molar-refractivity contribution is 7.46. The van der Waals surface area contributed by atoms with Crippen LogP contribution in [0.3, 0.4) is 0 Å². The van der Waals surface area contributed by atoms with Crippen LogP contribution in [0.2, 0.25) is 0 Å². The number of alkyl halides is 1. The third-order valence-electron chi connectivity index (χ3n) is 10.9. The van der Waals surface area contributed by atoms with Crippen LogP contribution >= 0.6 is 15.6 Å². The molecule has 14 heteroatoms. The maximum atomic E-state index is 16.9. The first-order valence-electron chi connectivity index (χ1n) is 13.9. The molecule has 11 nitrogen and oxygen atoms in total. The van der Waals surface area contributed by atoms with E-state index in [1.807, 2.05) is 6.92 Å². The molecule has 0 aliphatic heterocycles. The number of aliphatic hydroxyl groups is 1. The van der Waals surface area contributed by atoms with Crippen molar-refractivity contribution in [1.82, 2.24) is 0 Å². The van der Waals surface area contributed by atoms with Gasteiger partial charge in [-0.1, -0.05) is 20.8 Å². The zero-order valence-corrected chi connectivity index (χ0v) is 24.6. The normalized spacial score (nSPS) is 43.2. The van der Waals surface area contributed by atoms with Gasteiger partial charge in [-0.05, 0) is 91.8 Å². The highest BCUT2D eigenvalue weighted by Crippen LogP contribution is 2.72. The van der Waals surface area contributed by atoms with E-state index in [0.717, 1.165) is 19.3 Å². The second-order valence-corrected chi connectivity index (χ2v) is 15.3. The molecule has 4 saturated carbocycles. The van der Waals surface area contributed by atoms with Gasteiger partial charge in [-0.25, -0.2) is 22.6 Å². The van der Waals surface area contributed by atoms with E-state index in [0.29, 0.717) is 32.1 Å². The molecule has 39 heavy (non-hydrogen) atoms. The Labute approximate surface area is 228 Å². The Morgan fingerprint density at radius 3 is 2.28 bits per heavy atom. The van der Waals surface area contributed by atoms with Crippen LogP contribution in [-0.2, 0) is 27.7 Å². The van der Waals surface area contributed by atoms with E-state index in [4.69, 9.17) is 19.0 Å². The lowest BCUT2D eigenvalue weighted by molar-refractivity contribution is -0.262. The summed E-state index contributed by atoms with van der Waals surface area (Å²) in [5, 5.41) is 10.3. The number of carbonyl (C=O) groups excluding carboxylic acids is 1. The maximum Gasteiger partial charge on any atom is 0.472 e. The lowest BCUT2D eigenvalue weighted by atomic mass is 9.43. The Morgan fingerprint density at radius 1 is 1.00 bits per heavy atom. The molecule has 0 saturated heterocycles. The SMILES string of the molecule is CC(CCC(=O)OCOP(=O)(O)O)C1CCC2C3C(CCC12C)C1(C)CCC(O)CC1CC3(F)OP(=O)(O)O. The standard InChI is InChI=1S/C25H43FO11P2/c1-15(4-7-21(28)35-14-36-38(29,30)31)18-5-6-19-22-20(9-11-24(18,19)3)23(2)10-8-17(27)12-16(23)13-25(22,26)37-39(32,33)34/h15-20,22,27H,4-14H2,1-3H3,(H2,29,30,31)(H2,32,33,34). The molecule has 4 aliphatic rings. The fourth-order valence-corrected chi connectivity index (χ4v) is 9.99. The van der Waals surface area contributed by atoms with Crippen molar-refractivity contribution in [3.8, 4) is 0 Å². The van der Waals surface area contributed by atoms with Gasteiger partial charge in [-0.3, -0.25) is 4.79 Å². The van der Waals surface area contributed by atoms with Crippen LogP contribution in [0.15, 0.2) is 0 Å². The third-order valence-corrected chi connectivity index (χ3v) is 11.9. The second-order valence-electron chi connectivity index (χ2n) is 12.9. The number of aliphatic hydroxyl groups excluding tert-OH is 1. The monoisotopic (exact) mass is 600 g/mol. The number of rotatable bonds is 9. The Balaban J connectivity index is 1.52. The predicted molar refractivity (Wildman–Crippen MR) is 136 cm³/mol. The third kappa shape index (κ3) is 6.50. The van der Waals surface area contributed by atoms with Gasteiger partial charge in [0.1, 0.15) is 0 Å². The lowest BCUT2D eigenvalue weighted by Gasteiger charge is -2.64. The zero-order chi connectivity index (χ0) is 29.0. The smallest absolute Gasteiger partial charge is 0.438 e. The minimum absolute atomic E-state index is 0.0332. The molecular formula is C25H43FO11P2. The number of ether oxygens (including phenoxy) is 1. The molecular weight excluding hydrogens is 557 g/mol. The largest absolute Gasteiger partial charge is 0.472 e. The minimum Gasteiger partial charge on any atom is -0.438 e. The summed E-state index contributed by atoms with van der Waals surface area (Å²) >= 11 is 0. The molecule has 0 aromatic carbocycles. The van der Waals surface area contributed by atoms with Crippen molar-refractivity contribution in [2.75, 3.05) is 6.79 Å². The van der Waals surface area contributed by atoms with E-state index in [1.54, 1.807) is 0 Å². The molecule has 0 radical (unpaired) electrons. The molecule has 4 aliphatic carbocycles. The molecule has 0 bridgehead atoms. The van der Waals surface area contributed by atoms with Crippen molar-refractivity contribution in [1.29, 1.82) is 0 Å². The molecule has 10 atom stereocenters. The van der Waals surface area contributed by atoms with Crippen molar-refractivity contribution >= 4 is 21.6 Å². The fourth-order valence-electron chi connectivity index (χ4n) is 9.21. The van der Waals surface area contributed by atoms with Gasteiger partial charge in [0.2, 0.25) is 12.6 Å². The minimum atomic E-state index is -5.13. The number of esters is 1. The maximum absolute atomic E-state index is 16.9. The van der Waals surface area contributed by atoms with E-state index in [9.17, 15) is 28.8 Å². The molecule has 0 amide bonds. The number of phosphoric acid groups is 2. The fraction of sp³-hybridized carbons (Fsp3) is 0.960. The van der Waals surface area contributed by atoms with Crippen LogP contribution < -0.4 is 0 Å². The van der Waals surface area contributed by atoms with E-state index in [1.165, 1.54) is 0 Å². The first-order valence-corrected chi connectivity index (χ1v) is 16.9. The summed E-state index contributed by atoms with van der Waals surface area (Å²) in [4.78, 5) is 48.9. The van der Waals surface area contributed by atoms with E-state index in [-0.39, 0.29) is 53.3 Å². The number of phosphoric ester groups is 2. The van der Waals surface area contributed by atoms with Crippen molar-refractivity contribution in [3.63, 3.8) is 0 Å². The number of halogens is 1. The van der Waals surface area contributed by atoms with Gasteiger partial charge in [-0.15, -0.1) is 0 Å². The summed E-state index contributed by atoms with van der Waals surface area (Å²) in [6, 6.07) is 0. The molecule has 4 rings (SSSR count). The average molecular weight is 601 g/mol. The van der Waals surface area contributed by atoms with Gasteiger partial charge in [0.25, 0.3) is 0 Å². The van der Waals surface area contributed by atoms with Crippen LogP contribution in [0.5, 0.6) is 0 Å². The topological polar surface area (TPSA) is 180 Å². The van der Waals surface area contributed by atoms with E-state index < -0.39 is 46.3 Å². The second kappa shape index (κ2) is 11.0. The van der Waals surface area contributed by atoms with Gasteiger partial charge in [0.15, 0.2) is 0 Å². The Morgan fingerprint density at radius 2 is 1.64 bits per heavy atom. The Hall–Kier alpha value is -0.420. The van der Waals surface area contributed by atoms with Crippen LogP contribution in [-0.4, -0.2) is 49.4 Å². The molecule has 226 valence electrons. The van der Waals surface area contributed by atoms with Crippen molar-refractivity contribution < 1.29 is 56.8 Å². The summed E-state index contributed by atoms with van der Waals surface area (Å²) in [6.07, 6.45) is 4.55. The van der Waals surface area contributed by atoms with E-state index >= 15 is 4.39 Å². The molecule has 0 aromatic heterocycles. The average Bonchev–Trinajstić information content (AvgIpc) is 3.13. The summed E-state index contributed by atoms with van der Waals surface area (Å²) in [5.41, 5.74) is -0.567. The molecule has 0 aromatic rings. The molecule has 4 fully saturated rings. The molecule has 0 heterocycles. The summed E-state index contributed by atoms with van der Waals surface area (Å²) in [7, 11) is -9.87. The van der Waals surface area contributed by atoms with E-state index in [2.05, 4.69) is 18.4 Å². The molecule has 0 spiro atoms. The Kier molecular flexibility index (Phi) is 8.90. The van der Waals surface area contributed by atoms with Crippen molar-refractivity contribution in [3.05, 3.63) is 0 Å². The lowest BCUT2D eigenvalue weighted by Crippen LogP contribution is -2.62. The number of fused-ring (bicyclic) bond motifs is 5. The first kappa shape index (κ1) is 31.5. The van der Waals surface area contributed by atoms with Crippen LogP contribution in [0, 0.1) is 46.3 Å². The van der Waals surface area contributed by atoms with Crippen molar-refractivity contribution in [2.24, 2.45) is 46.3 Å². The van der Waals surface area contributed by atoms with Gasteiger partial charge in [0.05, 0.1) is 6.10 Å². The predicted octanol–water partition coefficient (Wildman–Crippen LogP) is 4.42. The molecule has 10 unspecified atom stereocenters. The number of hydrogen-bond acceptors (Lipinski definition) is 7. The van der Waals surface area contributed by atoms with Crippen molar-refractivity contribution in [2.45, 2.75) is 96.9 Å². The summed E-state index contributed by atoms with van der Waals surface area (Å²) < 4.78 is 53.6. The number of carbonyl (C=O) groups is 1. The van der Waals surface area contributed by atoms with Crippen LogP contribution in [0.4, 0.5) is 4.39 Å². The van der Waals surface area contributed by atoms with Gasteiger partial charge in [0, 0.05) is 18.8 Å². The highest BCUT2D eigenvalue weighted by atomic mass is 31.2. The van der Waals surface area contributed by atoms with Crippen LogP contribution in [0.1, 0.15) is 85.0 Å². The quantitative estimate of drug-likeness (QED) is 0.144. The summed E-state index contributed by atoms with van der Waals surface area (Å²) in [6.45, 7) is 5.47. The Bertz CT molecular complexity index is 1020. The summed E-state index contributed by atoms with van der Waals surface area (Å²) in [5.74, 6) is -4.15. The van der Waals surface area contributed by atoms with Gasteiger partial charge >= 0.3 is 21.6 Å².